The first-order valence-electron chi connectivity index (χ1n) is 11.0. The summed E-state index contributed by atoms with van der Waals surface area (Å²) < 4.78 is 8.40. The normalized spacial score (nSPS) is 21.5. The van der Waals surface area contributed by atoms with E-state index in [2.05, 4.69) is 76.2 Å². The van der Waals surface area contributed by atoms with Crippen LogP contribution in [0, 0.1) is 6.92 Å². The molecule has 2 aliphatic rings. The third-order valence-corrected chi connectivity index (χ3v) is 6.85. The van der Waals surface area contributed by atoms with Crippen molar-refractivity contribution in [3.63, 3.8) is 0 Å². The summed E-state index contributed by atoms with van der Waals surface area (Å²) in [6.07, 6.45) is 7.04. The second-order valence-electron chi connectivity index (χ2n) is 8.47. The first kappa shape index (κ1) is 20.1. The van der Waals surface area contributed by atoms with Gasteiger partial charge in [0.2, 0.25) is 0 Å². The third-order valence-electron chi connectivity index (χ3n) is 6.53. The molecule has 0 unspecified atom stereocenters. The summed E-state index contributed by atoms with van der Waals surface area (Å²) in [7, 11) is 2.11. The Bertz CT molecular complexity index is 1060. The number of hydrogen-bond donors (Lipinski definition) is 1. The van der Waals surface area contributed by atoms with Crippen molar-refractivity contribution in [2.24, 2.45) is 7.05 Å². The van der Waals surface area contributed by atoms with Gasteiger partial charge in [-0.3, -0.25) is 4.98 Å². The maximum atomic E-state index is 6.16. The van der Waals surface area contributed by atoms with Crippen LogP contribution in [0.1, 0.15) is 54.8 Å². The second kappa shape index (κ2) is 8.35. The zero-order valence-corrected chi connectivity index (χ0v) is 18.8. The fourth-order valence-corrected chi connectivity index (χ4v) is 5.09. The summed E-state index contributed by atoms with van der Waals surface area (Å²) in [5, 5.41) is 4.24. The third kappa shape index (κ3) is 3.81. The molecule has 2 aromatic heterocycles. The van der Waals surface area contributed by atoms with Crippen molar-refractivity contribution in [2.45, 2.75) is 50.8 Å². The minimum Gasteiger partial charge on any atom is -0.490 e. The lowest BCUT2D eigenvalue weighted by atomic mass is 10.0. The Morgan fingerprint density at radius 3 is 2.45 bits per heavy atom. The number of thiocarbonyl (C=S) groups is 1. The highest BCUT2D eigenvalue weighted by atomic mass is 32.1. The van der Waals surface area contributed by atoms with Crippen molar-refractivity contribution in [3.05, 3.63) is 77.9 Å². The number of aromatic nitrogens is 2. The van der Waals surface area contributed by atoms with E-state index in [1.54, 1.807) is 0 Å². The molecule has 5 nitrogen and oxygen atoms in total. The minimum absolute atomic E-state index is 0.00250. The van der Waals surface area contributed by atoms with Gasteiger partial charge in [0, 0.05) is 30.3 Å². The molecule has 0 amide bonds. The Morgan fingerprint density at radius 1 is 1.03 bits per heavy atom. The lowest BCUT2D eigenvalue weighted by Gasteiger charge is -2.28. The summed E-state index contributed by atoms with van der Waals surface area (Å²) in [6.45, 7) is 2.12. The molecular weight excluding hydrogens is 404 g/mol. The molecule has 1 saturated carbocycles. The van der Waals surface area contributed by atoms with Gasteiger partial charge in [0.05, 0.1) is 17.8 Å². The van der Waals surface area contributed by atoms with E-state index in [4.69, 9.17) is 17.0 Å². The van der Waals surface area contributed by atoms with Crippen molar-refractivity contribution >= 4 is 23.0 Å². The molecule has 3 aromatic rings. The van der Waals surface area contributed by atoms with E-state index in [1.165, 1.54) is 24.2 Å². The number of nitrogens with one attached hydrogen (secondary N) is 1. The van der Waals surface area contributed by atoms with Gasteiger partial charge in [0.15, 0.2) is 5.11 Å². The Morgan fingerprint density at radius 2 is 1.81 bits per heavy atom. The van der Waals surface area contributed by atoms with Gasteiger partial charge in [0.1, 0.15) is 11.8 Å². The molecule has 1 aromatic carbocycles. The van der Waals surface area contributed by atoms with E-state index < -0.39 is 0 Å². The minimum atomic E-state index is -0.0314. The van der Waals surface area contributed by atoms with Crippen LogP contribution < -0.4 is 15.0 Å². The van der Waals surface area contributed by atoms with Crippen LogP contribution in [-0.2, 0) is 7.05 Å². The molecule has 31 heavy (non-hydrogen) atoms. The van der Waals surface area contributed by atoms with Gasteiger partial charge < -0.3 is 19.5 Å². The monoisotopic (exact) mass is 432 g/mol. The number of rotatable bonds is 5. The Labute approximate surface area is 189 Å². The Hall–Kier alpha value is -2.86. The van der Waals surface area contributed by atoms with Crippen molar-refractivity contribution in [2.75, 3.05) is 4.90 Å². The van der Waals surface area contributed by atoms with Crippen LogP contribution in [0.25, 0.3) is 0 Å². The molecule has 1 aliphatic carbocycles. The number of hydrogen-bond acceptors (Lipinski definition) is 3. The Kier molecular flexibility index (Phi) is 5.40. The molecule has 2 fully saturated rings. The molecule has 1 saturated heterocycles. The number of aryl methyl sites for hydroxylation is 1. The largest absolute Gasteiger partial charge is 0.490 e. The predicted octanol–water partition coefficient (Wildman–Crippen LogP) is 5.23. The second-order valence-corrected chi connectivity index (χ2v) is 8.86. The van der Waals surface area contributed by atoms with Gasteiger partial charge in [-0.15, -0.1) is 0 Å². The van der Waals surface area contributed by atoms with E-state index in [0.717, 1.165) is 30.0 Å². The SMILES string of the molecule is Cc1ccc([C@@H]2[C@H](c3ccccn3)NC(=S)N2c2ccc(OC3CCCC3)cc2)n1C. The molecule has 3 heterocycles. The molecule has 1 N–H and O–H groups in total. The first-order valence-corrected chi connectivity index (χ1v) is 11.4. The molecule has 6 heteroatoms. The molecule has 160 valence electrons. The summed E-state index contributed by atoms with van der Waals surface area (Å²) in [6, 6.07) is 18.7. The number of nitrogens with zero attached hydrogens (tertiary/aromatic N) is 3. The van der Waals surface area contributed by atoms with Crippen LogP contribution in [0.2, 0.25) is 0 Å². The molecule has 0 radical (unpaired) electrons. The highest BCUT2D eigenvalue weighted by Crippen LogP contribution is 2.42. The van der Waals surface area contributed by atoms with Crippen LogP contribution in [0.4, 0.5) is 5.69 Å². The summed E-state index contributed by atoms with van der Waals surface area (Å²) in [4.78, 5) is 6.84. The first-order chi connectivity index (χ1) is 15.1. The van der Waals surface area contributed by atoms with E-state index >= 15 is 0 Å². The predicted molar refractivity (Wildman–Crippen MR) is 127 cm³/mol. The molecular formula is C25H28N4OS. The van der Waals surface area contributed by atoms with Crippen LogP contribution in [0.5, 0.6) is 5.75 Å². The molecule has 2 atom stereocenters. The number of pyridine rings is 1. The standard InChI is InChI=1S/C25H28N4OS/c1-17-10-15-22(28(17)2)24-23(21-9-5-6-16-26-21)27-25(31)29(24)18-11-13-20(14-12-18)30-19-7-3-4-8-19/h5-6,9-16,19,23-24H,3-4,7-8H2,1-2H3,(H,27,31)/t23-,24+/m0/s1. The zero-order valence-electron chi connectivity index (χ0n) is 18.0. The quantitative estimate of drug-likeness (QED) is 0.560. The molecule has 1 aliphatic heterocycles. The summed E-state index contributed by atoms with van der Waals surface area (Å²) in [5.74, 6) is 0.932. The van der Waals surface area contributed by atoms with E-state index in [0.29, 0.717) is 11.2 Å². The molecule has 0 spiro atoms. The average molecular weight is 433 g/mol. The summed E-state index contributed by atoms with van der Waals surface area (Å²) in [5.41, 5.74) is 4.45. The van der Waals surface area contributed by atoms with Gasteiger partial charge >= 0.3 is 0 Å². The smallest absolute Gasteiger partial charge is 0.174 e. The number of ether oxygens (including phenoxy) is 1. The van der Waals surface area contributed by atoms with Crippen molar-refractivity contribution < 1.29 is 4.74 Å². The number of benzene rings is 1. The lowest BCUT2D eigenvalue weighted by Crippen LogP contribution is -2.30. The maximum absolute atomic E-state index is 6.16. The van der Waals surface area contributed by atoms with Gasteiger partial charge in [-0.05, 0) is 93.4 Å². The summed E-state index contributed by atoms with van der Waals surface area (Å²) >= 11 is 5.82. The van der Waals surface area contributed by atoms with Crippen LogP contribution in [0.15, 0.2) is 60.8 Å². The van der Waals surface area contributed by atoms with Gasteiger partial charge in [0.25, 0.3) is 0 Å². The highest BCUT2D eigenvalue weighted by molar-refractivity contribution is 7.80. The molecule has 0 bridgehead atoms. The maximum Gasteiger partial charge on any atom is 0.174 e. The topological polar surface area (TPSA) is 42.3 Å². The van der Waals surface area contributed by atoms with Gasteiger partial charge in [-0.2, -0.15) is 0 Å². The van der Waals surface area contributed by atoms with Crippen LogP contribution in [0.3, 0.4) is 0 Å². The average Bonchev–Trinajstić information content (AvgIpc) is 3.50. The van der Waals surface area contributed by atoms with Crippen molar-refractivity contribution in [3.8, 4) is 5.75 Å². The van der Waals surface area contributed by atoms with Crippen LogP contribution in [-0.4, -0.2) is 20.8 Å². The number of anilines is 1. The van der Waals surface area contributed by atoms with Gasteiger partial charge in [-0.25, -0.2) is 0 Å². The zero-order chi connectivity index (χ0) is 21.4. The highest BCUT2D eigenvalue weighted by Gasteiger charge is 2.42. The van der Waals surface area contributed by atoms with Crippen molar-refractivity contribution in [1.29, 1.82) is 0 Å². The lowest BCUT2D eigenvalue weighted by molar-refractivity contribution is 0.210. The van der Waals surface area contributed by atoms with Gasteiger partial charge in [-0.1, -0.05) is 6.07 Å². The fourth-order valence-electron chi connectivity index (χ4n) is 4.75. The molecule has 5 rings (SSSR count). The van der Waals surface area contributed by atoms with E-state index in [9.17, 15) is 0 Å². The van der Waals surface area contributed by atoms with Crippen molar-refractivity contribution in [1.82, 2.24) is 14.9 Å². The van der Waals surface area contributed by atoms with E-state index in [1.807, 2.05) is 18.3 Å². The van der Waals surface area contributed by atoms with Crippen LogP contribution >= 0.6 is 12.2 Å². The Balaban J connectivity index is 1.49. The fraction of sp³-hybridized carbons (Fsp3) is 0.360. The van der Waals surface area contributed by atoms with E-state index in [-0.39, 0.29) is 12.1 Å².